The average Bonchev–Trinajstić information content (AvgIpc) is 3.32. The van der Waals surface area contributed by atoms with E-state index < -0.39 is 71.6 Å². The lowest BCUT2D eigenvalue weighted by atomic mass is 9.55. The van der Waals surface area contributed by atoms with Crippen molar-refractivity contribution in [3.05, 3.63) is 71.3 Å². The van der Waals surface area contributed by atoms with Crippen molar-refractivity contribution in [3.8, 4) is 0 Å². The molecule has 7 rings (SSSR count). The molecule has 0 unspecified atom stereocenters. The van der Waals surface area contributed by atoms with Crippen LogP contribution < -0.4 is 26.6 Å². The number of rotatable bonds is 24. The number of ether oxygens (including phenoxy) is 4. The van der Waals surface area contributed by atoms with Crippen LogP contribution in [0, 0.1) is 30.6 Å². The van der Waals surface area contributed by atoms with Gasteiger partial charge in [-0.25, -0.2) is 14.4 Å². The van der Waals surface area contributed by atoms with Gasteiger partial charge < -0.3 is 45.5 Å². The summed E-state index contributed by atoms with van der Waals surface area (Å²) in [5, 5.41) is 13.7. The van der Waals surface area contributed by atoms with Gasteiger partial charge in [0.25, 0.3) is 0 Å². The maximum absolute atomic E-state index is 14.5. The zero-order chi connectivity index (χ0) is 50.9. The average molecular weight is 1000 g/mol. The van der Waals surface area contributed by atoms with Gasteiger partial charge in [0.2, 0.25) is 17.7 Å². The number of alkyl carbamates (subject to hydrolysis) is 2. The van der Waals surface area contributed by atoms with Gasteiger partial charge in [0.15, 0.2) is 0 Å². The summed E-state index contributed by atoms with van der Waals surface area (Å²) in [7, 11) is 0. The first-order chi connectivity index (χ1) is 34.0. The van der Waals surface area contributed by atoms with E-state index >= 15 is 0 Å². The molecule has 5 saturated carbocycles. The number of esters is 2. The highest BCUT2D eigenvalue weighted by Crippen LogP contribution is 2.54. The molecule has 5 aliphatic carbocycles. The van der Waals surface area contributed by atoms with E-state index in [1.807, 2.05) is 61.5 Å². The van der Waals surface area contributed by atoms with Crippen LogP contribution in [0.15, 0.2) is 54.6 Å². The van der Waals surface area contributed by atoms with Gasteiger partial charge in [-0.05, 0) is 153 Å². The van der Waals surface area contributed by atoms with Gasteiger partial charge in [0.1, 0.15) is 48.6 Å². The molecule has 0 saturated heterocycles. The number of carbonyl (C=O) groups excluding carboxylic acids is 7. The summed E-state index contributed by atoms with van der Waals surface area (Å²) in [6, 6.07) is 12.4. The van der Waals surface area contributed by atoms with Gasteiger partial charge in [-0.2, -0.15) is 11.8 Å². The lowest BCUT2D eigenvalue weighted by Gasteiger charge is -2.53. The summed E-state index contributed by atoms with van der Waals surface area (Å²) in [5.74, 6) is -0.272. The summed E-state index contributed by atoms with van der Waals surface area (Å²) >= 11 is 1.44. The molecule has 5 N–H and O–H groups in total. The van der Waals surface area contributed by atoms with Crippen molar-refractivity contribution < 1.29 is 52.5 Å². The predicted molar refractivity (Wildman–Crippen MR) is 270 cm³/mol. The lowest BCUT2D eigenvalue weighted by Crippen LogP contribution is -2.58. The highest BCUT2D eigenvalue weighted by molar-refractivity contribution is 7.98. The Morgan fingerprint density at radius 2 is 1.30 bits per heavy atom. The second kappa shape index (κ2) is 26.9. The minimum absolute atomic E-state index is 0.0147. The molecule has 17 heteroatoms. The minimum Gasteiger partial charge on any atom is -0.462 e. The van der Waals surface area contributed by atoms with E-state index in [0.29, 0.717) is 30.4 Å². The number of thioether (sulfide) groups is 1. The lowest BCUT2D eigenvalue weighted by molar-refractivity contribution is -0.151. The van der Waals surface area contributed by atoms with Crippen LogP contribution in [0.5, 0.6) is 0 Å². The third-order valence-electron chi connectivity index (χ3n) is 14.0. The molecule has 2 aromatic rings. The molecule has 4 bridgehead atoms. The second-order valence-corrected chi connectivity index (χ2v) is 22.2. The van der Waals surface area contributed by atoms with Crippen molar-refractivity contribution in [2.24, 2.45) is 23.7 Å². The van der Waals surface area contributed by atoms with Crippen molar-refractivity contribution in [3.63, 3.8) is 0 Å². The van der Waals surface area contributed by atoms with E-state index in [1.54, 1.807) is 20.8 Å². The van der Waals surface area contributed by atoms with E-state index in [2.05, 4.69) is 26.6 Å². The van der Waals surface area contributed by atoms with E-state index in [0.717, 1.165) is 86.3 Å². The minimum atomic E-state index is -1.34. The van der Waals surface area contributed by atoms with Crippen molar-refractivity contribution in [2.75, 3.05) is 12.3 Å². The number of carbonyl (C=O) groups is 7. The number of hydrogen-bond acceptors (Lipinski definition) is 12. The third kappa shape index (κ3) is 18.3. The van der Waals surface area contributed by atoms with Crippen LogP contribution in [0.3, 0.4) is 0 Å². The highest BCUT2D eigenvalue weighted by atomic mass is 32.2. The quantitative estimate of drug-likeness (QED) is 0.0388. The number of nitrogens with one attached hydrogen (secondary N) is 5. The zero-order valence-corrected chi connectivity index (χ0v) is 43.1. The van der Waals surface area contributed by atoms with Gasteiger partial charge in [0, 0.05) is 24.5 Å². The summed E-state index contributed by atoms with van der Waals surface area (Å²) < 4.78 is 22.8. The van der Waals surface area contributed by atoms with E-state index in [9.17, 15) is 33.6 Å². The van der Waals surface area contributed by atoms with E-state index in [1.165, 1.54) is 25.1 Å². The third-order valence-corrected chi connectivity index (χ3v) is 15.1. The van der Waals surface area contributed by atoms with Crippen LogP contribution in [-0.2, 0) is 55.3 Å². The topological polar surface area (TPSA) is 217 Å². The number of aryl methyl sites for hydroxylation is 1. The normalized spacial score (nSPS) is 22.1. The molecule has 16 nitrogen and oxygen atoms in total. The fourth-order valence-electron chi connectivity index (χ4n) is 10.5. The highest BCUT2D eigenvalue weighted by Gasteiger charge is 2.50. The Labute approximate surface area is 423 Å². The van der Waals surface area contributed by atoms with Crippen LogP contribution in [0.25, 0.3) is 0 Å². The van der Waals surface area contributed by atoms with Crippen LogP contribution in [0.1, 0.15) is 141 Å². The number of amides is 5. The standard InChI is InChI=1S/C54H77N5O11S/c1-34-19-21-37(22-20-34)32-71-33-45(51(64)67-31-36-14-8-6-9-15-36)59-49(62)43(18-12-13-25-55-52(65)69-47-40-27-38-26-39(29-40)30-41(47)28-38)58-50(63)44(23-24-46(60)68-42-16-10-7-11-17-42)57-48(61)35(2)56-53(66)70-54(3,4)5/h6,8-9,14-15,19-22,35,38-45,47H,7,10-13,16-18,23-33H2,1-5H3,(H,55,65)(H,56,66)(H,57,61)(H,58,63)(H,59,62)/t35-,38?,39?,40?,41?,43-,44-,45-,47?/m0/s1. The molecular weight excluding hydrogens is 927 g/mol. The molecule has 0 heterocycles. The SMILES string of the molecule is Cc1ccc(CSC[C@H](NC(=O)[C@H](CCCCNC(=O)OC2C3CC4CC(C3)CC2C4)NC(=O)[C@H](CCC(=O)OC2CCCCC2)NC(=O)[C@H](C)NC(=O)OC(C)(C)C)C(=O)OCc2ccccc2)cc1. The summed E-state index contributed by atoms with van der Waals surface area (Å²) in [6.07, 6.45) is 9.18. The molecule has 5 aliphatic rings. The smallest absolute Gasteiger partial charge is 0.408 e. The number of benzene rings is 2. The molecule has 5 amide bonds. The predicted octanol–water partition coefficient (Wildman–Crippen LogP) is 7.72. The van der Waals surface area contributed by atoms with E-state index in [-0.39, 0.29) is 50.4 Å². The van der Waals surface area contributed by atoms with Gasteiger partial charge in [-0.3, -0.25) is 19.2 Å². The summed E-state index contributed by atoms with van der Waals surface area (Å²) in [6.45, 7) is 8.74. The van der Waals surface area contributed by atoms with Crippen LogP contribution >= 0.6 is 11.8 Å². The molecule has 4 atom stereocenters. The monoisotopic (exact) mass is 1000 g/mol. The first kappa shape index (κ1) is 55.0. The van der Waals surface area contributed by atoms with Gasteiger partial charge in [-0.15, -0.1) is 0 Å². The van der Waals surface area contributed by atoms with Crippen molar-refractivity contribution in [2.45, 2.75) is 185 Å². The Morgan fingerprint density at radius 1 is 0.676 bits per heavy atom. The molecule has 0 aliphatic heterocycles. The van der Waals surface area contributed by atoms with E-state index in [4.69, 9.17) is 18.9 Å². The summed E-state index contributed by atoms with van der Waals surface area (Å²) in [5.41, 5.74) is 2.09. The van der Waals surface area contributed by atoms with Crippen LogP contribution in [0.2, 0.25) is 0 Å². The van der Waals surface area contributed by atoms with Crippen molar-refractivity contribution >= 4 is 53.6 Å². The fourth-order valence-corrected chi connectivity index (χ4v) is 11.5. The molecule has 5 fully saturated rings. The first-order valence-electron chi connectivity index (χ1n) is 25.9. The molecule has 390 valence electrons. The Kier molecular flexibility index (Phi) is 20.9. The fraction of sp³-hybridized carbons (Fsp3) is 0.648. The van der Waals surface area contributed by atoms with Crippen LogP contribution in [-0.4, -0.2) is 96.1 Å². The molecular formula is C54H77N5O11S. The summed E-state index contributed by atoms with van der Waals surface area (Å²) in [4.78, 5) is 95.0. The number of unbranched alkanes of at least 4 members (excludes halogenated alkanes) is 1. The van der Waals surface area contributed by atoms with Gasteiger partial charge >= 0.3 is 24.1 Å². The molecule has 71 heavy (non-hydrogen) atoms. The largest absolute Gasteiger partial charge is 0.462 e. The zero-order valence-electron chi connectivity index (χ0n) is 42.3. The Morgan fingerprint density at radius 3 is 1.94 bits per heavy atom. The Bertz CT molecular complexity index is 2070. The first-order valence-corrected chi connectivity index (χ1v) is 27.0. The molecule has 0 aromatic heterocycles. The van der Waals surface area contributed by atoms with Gasteiger partial charge in [-0.1, -0.05) is 66.6 Å². The molecule has 0 spiro atoms. The molecule has 0 radical (unpaired) electrons. The maximum atomic E-state index is 14.5. The van der Waals surface area contributed by atoms with Gasteiger partial charge in [0.05, 0.1) is 0 Å². The van der Waals surface area contributed by atoms with Crippen molar-refractivity contribution in [1.82, 2.24) is 26.6 Å². The second-order valence-electron chi connectivity index (χ2n) is 21.2. The number of hydrogen-bond donors (Lipinski definition) is 5. The molecule has 2 aromatic carbocycles. The van der Waals surface area contributed by atoms with Crippen molar-refractivity contribution in [1.29, 1.82) is 0 Å². The Hall–Kier alpha value is -5.32. The maximum Gasteiger partial charge on any atom is 0.408 e. The van der Waals surface area contributed by atoms with Crippen LogP contribution in [0.4, 0.5) is 9.59 Å². The Balaban J connectivity index is 1.14.